The van der Waals surface area contributed by atoms with Crippen LogP contribution in [0.3, 0.4) is 0 Å². The Bertz CT molecular complexity index is 475. The summed E-state index contributed by atoms with van der Waals surface area (Å²) in [6.45, 7) is 5.73. The summed E-state index contributed by atoms with van der Waals surface area (Å²) >= 11 is 5.88. The van der Waals surface area contributed by atoms with E-state index in [9.17, 15) is 4.79 Å². The van der Waals surface area contributed by atoms with Gasteiger partial charge in [-0.05, 0) is 44.5 Å². The van der Waals surface area contributed by atoms with E-state index in [4.69, 9.17) is 16.9 Å². The second-order valence-corrected chi connectivity index (χ2v) is 5.05. The zero-order valence-electron chi connectivity index (χ0n) is 10.2. The van der Waals surface area contributed by atoms with Gasteiger partial charge in [0.05, 0.1) is 11.5 Å². The van der Waals surface area contributed by atoms with Crippen molar-refractivity contribution in [3.8, 4) is 6.07 Å². The minimum absolute atomic E-state index is 0.187. The van der Waals surface area contributed by atoms with Crippen molar-refractivity contribution in [2.45, 2.75) is 20.8 Å². The molecular weight excluding hydrogens is 236 g/mol. The van der Waals surface area contributed by atoms with E-state index in [0.717, 1.165) is 5.56 Å². The van der Waals surface area contributed by atoms with Crippen LogP contribution in [-0.2, 0) is 0 Å². The number of nitrogens with one attached hydrogen (secondary N) is 1. The summed E-state index contributed by atoms with van der Waals surface area (Å²) in [5, 5.41) is 12.2. The van der Waals surface area contributed by atoms with Gasteiger partial charge in [-0.1, -0.05) is 11.6 Å². The first-order valence-corrected chi connectivity index (χ1v) is 5.69. The first-order chi connectivity index (χ1) is 7.85. The topological polar surface area (TPSA) is 52.9 Å². The molecule has 0 fully saturated rings. The van der Waals surface area contributed by atoms with Crippen molar-refractivity contribution < 1.29 is 4.79 Å². The summed E-state index contributed by atoms with van der Waals surface area (Å²) in [6, 6.07) is 7.23. The van der Waals surface area contributed by atoms with Crippen molar-refractivity contribution in [3.05, 3.63) is 34.3 Å². The Balaban J connectivity index is 2.72. The van der Waals surface area contributed by atoms with Crippen molar-refractivity contribution >= 4 is 17.5 Å². The first kappa shape index (κ1) is 13.5. The number of aryl methyl sites for hydroxylation is 1. The van der Waals surface area contributed by atoms with E-state index in [0.29, 0.717) is 17.1 Å². The Kier molecular flexibility index (Phi) is 4.14. The largest absolute Gasteiger partial charge is 0.350 e. The molecule has 1 N–H and O–H groups in total. The second kappa shape index (κ2) is 5.20. The number of hydrogen-bond donors (Lipinski definition) is 1. The van der Waals surface area contributed by atoms with E-state index in [1.165, 1.54) is 0 Å². The van der Waals surface area contributed by atoms with Gasteiger partial charge in [0.1, 0.15) is 0 Å². The fourth-order valence-corrected chi connectivity index (χ4v) is 1.35. The van der Waals surface area contributed by atoms with Crippen molar-refractivity contribution in [1.82, 2.24) is 5.32 Å². The van der Waals surface area contributed by atoms with E-state index >= 15 is 0 Å². The zero-order valence-corrected chi connectivity index (χ0v) is 10.9. The number of rotatable bonds is 3. The molecule has 1 rings (SSSR count). The Morgan fingerprint density at radius 2 is 2.18 bits per heavy atom. The number of benzene rings is 1. The quantitative estimate of drug-likeness (QED) is 0.897. The Morgan fingerprint density at radius 1 is 1.53 bits per heavy atom. The lowest BCUT2D eigenvalue weighted by molar-refractivity contribution is 0.0943. The molecule has 0 aliphatic rings. The molecule has 0 spiro atoms. The average molecular weight is 251 g/mol. The summed E-state index contributed by atoms with van der Waals surface area (Å²) in [7, 11) is 0. The molecular formula is C13H15ClN2O. The lowest BCUT2D eigenvalue weighted by atomic mass is 9.96. The maximum Gasteiger partial charge on any atom is 0.251 e. The molecule has 1 aromatic rings. The van der Waals surface area contributed by atoms with Gasteiger partial charge in [-0.2, -0.15) is 5.26 Å². The van der Waals surface area contributed by atoms with Crippen LogP contribution >= 0.6 is 11.6 Å². The number of amides is 1. The highest BCUT2D eigenvalue weighted by atomic mass is 35.5. The second-order valence-electron chi connectivity index (χ2n) is 4.64. The van der Waals surface area contributed by atoms with Gasteiger partial charge in [-0.15, -0.1) is 0 Å². The van der Waals surface area contributed by atoms with Crippen LogP contribution in [0.4, 0.5) is 0 Å². The van der Waals surface area contributed by atoms with Crippen molar-refractivity contribution in [2.75, 3.05) is 6.54 Å². The summed E-state index contributed by atoms with van der Waals surface area (Å²) in [5.41, 5.74) is 0.858. The van der Waals surface area contributed by atoms with Gasteiger partial charge in [0.25, 0.3) is 5.91 Å². The van der Waals surface area contributed by atoms with E-state index in [1.807, 2.05) is 6.92 Å². The van der Waals surface area contributed by atoms with Crippen LogP contribution in [0, 0.1) is 23.7 Å². The smallest absolute Gasteiger partial charge is 0.251 e. The molecule has 0 saturated carbocycles. The van der Waals surface area contributed by atoms with Crippen LogP contribution in [-0.4, -0.2) is 12.5 Å². The number of hydrogen-bond acceptors (Lipinski definition) is 2. The molecule has 1 amide bonds. The molecule has 0 saturated heterocycles. The summed E-state index contributed by atoms with van der Waals surface area (Å²) in [5.74, 6) is -0.187. The Labute approximate surface area is 106 Å². The minimum Gasteiger partial charge on any atom is -0.350 e. The van der Waals surface area contributed by atoms with E-state index in [-0.39, 0.29) is 5.91 Å². The van der Waals surface area contributed by atoms with Gasteiger partial charge in [0, 0.05) is 17.1 Å². The number of halogens is 1. The normalized spacial score (nSPS) is 10.8. The van der Waals surface area contributed by atoms with E-state index in [1.54, 1.807) is 32.0 Å². The van der Waals surface area contributed by atoms with Crippen LogP contribution in [0.25, 0.3) is 0 Å². The maximum absolute atomic E-state index is 11.8. The third kappa shape index (κ3) is 3.76. The van der Waals surface area contributed by atoms with Gasteiger partial charge < -0.3 is 5.32 Å². The monoisotopic (exact) mass is 250 g/mol. The molecule has 4 heteroatoms. The van der Waals surface area contributed by atoms with Gasteiger partial charge in [0.2, 0.25) is 0 Å². The molecule has 1 aromatic carbocycles. The van der Waals surface area contributed by atoms with E-state index in [2.05, 4.69) is 11.4 Å². The number of carbonyl (C=O) groups excluding carboxylic acids is 1. The first-order valence-electron chi connectivity index (χ1n) is 5.31. The molecule has 0 aliphatic heterocycles. The van der Waals surface area contributed by atoms with Crippen LogP contribution in [0.1, 0.15) is 29.8 Å². The van der Waals surface area contributed by atoms with E-state index < -0.39 is 5.41 Å². The van der Waals surface area contributed by atoms with Gasteiger partial charge in [-0.3, -0.25) is 4.79 Å². The molecule has 90 valence electrons. The lowest BCUT2D eigenvalue weighted by Gasteiger charge is -2.15. The molecule has 0 heterocycles. The molecule has 0 aromatic heterocycles. The third-order valence-corrected chi connectivity index (χ3v) is 2.84. The number of nitrogens with zero attached hydrogens (tertiary/aromatic N) is 1. The van der Waals surface area contributed by atoms with Crippen molar-refractivity contribution in [1.29, 1.82) is 5.26 Å². The molecule has 0 aliphatic carbocycles. The lowest BCUT2D eigenvalue weighted by Crippen LogP contribution is -2.33. The minimum atomic E-state index is -0.558. The predicted molar refractivity (Wildman–Crippen MR) is 67.9 cm³/mol. The van der Waals surface area contributed by atoms with Crippen LogP contribution in [0.15, 0.2) is 18.2 Å². The third-order valence-electron chi connectivity index (χ3n) is 2.41. The molecule has 3 nitrogen and oxygen atoms in total. The Hall–Kier alpha value is -1.53. The summed E-state index contributed by atoms with van der Waals surface area (Å²) in [4.78, 5) is 11.8. The molecule has 17 heavy (non-hydrogen) atoms. The van der Waals surface area contributed by atoms with Crippen LogP contribution in [0.2, 0.25) is 5.02 Å². The highest BCUT2D eigenvalue weighted by Crippen LogP contribution is 2.16. The fraction of sp³-hybridized carbons (Fsp3) is 0.385. The van der Waals surface area contributed by atoms with Gasteiger partial charge >= 0.3 is 0 Å². The summed E-state index contributed by atoms with van der Waals surface area (Å²) < 4.78 is 0. The molecule has 0 radical (unpaired) electrons. The standard InChI is InChI=1S/C13H15ClN2O/c1-9-6-10(4-5-11(9)14)12(17)16-8-13(2,3)7-15/h4-6H,8H2,1-3H3,(H,16,17). The van der Waals surface area contributed by atoms with Gasteiger partial charge in [0.15, 0.2) is 0 Å². The SMILES string of the molecule is Cc1cc(C(=O)NCC(C)(C)C#N)ccc1Cl. The molecule has 0 atom stereocenters. The molecule has 0 bridgehead atoms. The van der Waals surface area contributed by atoms with Gasteiger partial charge in [-0.25, -0.2) is 0 Å². The molecule has 0 unspecified atom stereocenters. The average Bonchev–Trinajstić information content (AvgIpc) is 2.30. The Morgan fingerprint density at radius 3 is 2.71 bits per heavy atom. The fourth-order valence-electron chi connectivity index (χ4n) is 1.23. The number of carbonyl (C=O) groups is 1. The highest BCUT2D eigenvalue weighted by Gasteiger charge is 2.18. The van der Waals surface area contributed by atoms with Crippen molar-refractivity contribution in [2.24, 2.45) is 5.41 Å². The number of nitriles is 1. The van der Waals surface area contributed by atoms with Crippen LogP contribution < -0.4 is 5.32 Å². The zero-order chi connectivity index (χ0) is 13.1. The highest BCUT2D eigenvalue weighted by molar-refractivity contribution is 6.31. The maximum atomic E-state index is 11.8. The summed E-state index contributed by atoms with van der Waals surface area (Å²) in [6.07, 6.45) is 0. The predicted octanol–water partition coefficient (Wildman–Crippen LogP) is 2.93. The van der Waals surface area contributed by atoms with Crippen LogP contribution in [0.5, 0.6) is 0 Å². The van der Waals surface area contributed by atoms with Crippen molar-refractivity contribution in [3.63, 3.8) is 0 Å².